The Morgan fingerprint density at radius 3 is 2.45 bits per heavy atom. The molecule has 33 heavy (non-hydrogen) atoms. The predicted octanol–water partition coefficient (Wildman–Crippen LogP) is 6.57. The molecule has 4 aromatic heterocycles. The zero-order chi connectivity index (χ0) is 21.9. The number of para-hydroxylation sites is 2. The van der Waals surface area contributed by atoms with Gasteiger partial charge in [0.2, 0.25) is 5.69 Å². The minimum absolute atomic E-state index is 0.893. The van der Waals surface area contributed by atoms with E-state index in [1.165, 1.54) is 5.39 Å². The summed E-state index contributed by atoms with van der Waals surface area (Å²) in [4.78, 5) is 4.78. The molecule has 4 heteroatoms. The fourth-order valence-electron chi connectivity index (χ4n) is 4.99. The van der Waals surface area contributed by atoms with Crippen LogP contribution in [0, 0.1) is 0 Å². The van der Waals surface area contributed by atoms with E-state index in [2.05, 4.69) is 89.1 Å². The Morgan fingerprint density at radius 2 is 1.55 bits per heavy atom. The molecule has 0 bridgehead atoms. The van der Waals surface area contributed by atoms with E-state index < -0.39 is 0 Å². The van der Waals surface area contributed by atoms with Gasteiger partial charge in [-0.15, -0.1) is 0 Å². The van der Waals surface area contributed by atoms with Gasteiger partial charge >= 0.3 is 0 Å². The maximum absolute atomic E-state index is 6.40. The quantitative estimate of drug-likeness (QED) is 0.293. The Bertz CT molecular complexity index is 1790. The molecule has 0 aliphatic heterocycles. The van der Waals surface area contributed by atoms with Gasteiger partial charge in [0.1, 0.15) is 23.9 Å². The minimum Gasteiger partial charge on any atom is -0.455 e. The maximum atomic E-state index is 6.40. The molecule has 0 amide bonds. The summed E-state index contributed by atoms with van der Waals surface area (Å²) in [5.41, 5.74) is 7.11. The highest BCUT2D eigenvalue weighted by molar-refractivity contribution is 6.12. The summed E-state index contributed by atoms with van der Waals surface area (Å²) in [6.45, 7) is 0. The van der Waals surface area contributed by atoms with Crippen LogP contribution in [-0.2, 0) is 7.05 Å². The molecule has 0 saturated carbocycles. The van der Waals surface area contributed by atoms with Gasteiger partial charge in [0.05, 0.1) is 11.1 Å². The smallest absolute Gasteiger partial charge is 0.216 e. The number of fused-ring (bicyclic) bond motifs is 6. The molecule has 0 fully saturated rings. The second-order valence-corrected chi connectivity index (χ2v) is 8.39. The van der Waals surface area contributed by atoms with Crippen LogP contribution in [-0.4, -0.2) is 9.55 Å². The van der Waals surface area contributed by atoms with Gasteiger partial charge < -0.3 is 4.42 Å². The lowest BCUT2D eigenvalue weighted by atomic mass is 10.0. The van der Waals surface area contributed by atoms with Crippen LogP contribution in [0.4, 0.5) is 0 Å². The molecule has 0 radical (unpaired) electrons. The molecule has 0 unspecified atom stereocenters. The number of furan rings is 1. The van der Waals surface area contributed by atoms with Crippen molar-refractivity contribution in [1.29, 1.82) is 0 Å². The maximum Gasteiger partial charge on any atom is 0.216 e. The molecular weight excluding hydrogens is 406 g/mol. The van der Waals surface area contributed by atoms with Crippen molar-refractivity contribution in [1.82, 2.24) is 9.55 Å². The molecule has 7 rings (SSSR count). The van der Waals surface area contributed by atoms with Crippen LogP contribution < -0.4 is 4.57 Å². The van der Waals surface area contributed by atoms with Crippen LogP contribution in [0.15, 0.2) is 108 Å². The van der Waals surface area contributed by atoms with Gasteiger partial charge in [-0.05, 0) is 42.5 Å². The van der Waals surface area contributed by atoms with Gasteiger partial charge in [0, 0.05) is 45.6 Å². The first-order valence-electron chi connectivity index (χ1n) is 11.0. The second-order valence-electron chi connectivity index (χ2n) is 8.39. The molecule has 0 aliphatic rings. The molecule has 4 nitrogen and oxygen atoms in total. The average Bonchev–Trinajstić information content (AvgIpc) is 3.40. The van der Waals surface area contributed by atoms with Crippen molar-refractivity contribution in [2.24, 2.45) is 7.05 Å². The molecule has 156 valence electrons. The normalized spacial score (nSPS) is 11.8. The lowest BCUT2D eigenvalue weighted by Gasteiger charge is -2.10. The van der Waals surface area contributed by atoms with Gasteiger partial charge in [-0.25, -0.2) is 9.55 Å². The largest absolute Gasteiger partial charge is 0.455 e. The average molecular weight is 426 g/mol. The Balaban J connectivity index is 1.67. The molecule has 0 spiro atoms. The number of nitrogens with zero attached hydrogens (tertiary/aromatic N) is 3. The summed E-state index contributed by atoms with van der Waals surface area (Å²) < 4.78 is 10.8. The fourth-order valence-corrected chi connectivity index (χ4v) is 4.99. The van der Waals surface area contributed by atoms with E-state index in [-0.39, 0.29) is 0 Å². The van der Waals surface area contributed by atoms with Crippen LogP contribution in [0.25, 0.3) is 60.8 Å². The summed E-state index contributed by atoms with van der Waals surface area (Å²) >= 11 is 0. The van der Waals surface area contributed by atoms with Gasteiger partial charge in [0.15, 0.2) is 6.20 Å². The van der Waals surface area contributed by atoms with Crippen molar-refractivity contribution in [2.45, 2.75) is 0 Å². The monoisotopic (exact) mass is 426 g/mol. The summed E-state index contributed by atoms with van der Waals surface area (Å²) in [5, 5.41) is 4.56. The van der Waals surface area contributed by atoms with Crippen molar-refractivity contribution in [2.75, 3.05) is 0 Å². The third-order valence-corrected chi connectivity index (χ3v) is 6.49. The van der Waals surface area contributed by atoms with Crippen molar-refractivity contribution in [3.8, 4) is 16.9 Å². The first kappa shape index (κ1) is 18.2. The van der Waals surface area contributed by atoms with Crippen LogP contribution >= 0.6 is 0 Å². The SMILES string of the molecule is C[n+]1ccccc1-c1cc(-n2c3ccccc3c3cccnc32)cc2c1oc1ccccc12. The van der Waals surface area contributed by atoms with Gasteiger partial charge in [-0.1, -0.05) is 36.4 Å². The van der Waals surface area contributed by atoms with E-state index in [0.717, 1.165) is 55.4 Å². The van der Waals surface area contributed by atoms with Crippen LogP contribution in [0.2, 0.25) is 0 Å². The van der Waals surface area contributed by atoms with Gasteiger partial charge in [0.25, 0.3) is 0 Å². The number of rotatable bonds is 2. The second kappa shape index (κ2) is 6.78. The first-order valence-corrected chi connectivity index (χ1v) is 11.0. The number of hydrogen-bond acceptors (Lipinski definition) is 2. The highest BCUT2D eigenvalue weighted by Crippen LogP contribution is 2.39. The van der Waals surface area contributed by atoms with Crippen molar-refractivity contribution in [3.05, 3.63) is 103 Å². The number of benzene rings is 3. The molecule has 4 heterocycles. The van der Waals surface area contributed by atoms with E-state index in [4.69, 9.17) is 9.40 Å². The summed E-state index contributed by atoms with van der Waals surface area (Å²) in [6, 6.07) is 31.6. The fraction of sp³-hybridized carbons (Fsp3) is 0.0345. The zero-order valence-corrected chi connectivity index (χ0v) is 18.1. The standard InChI is InChI=1S/C29H20N3O/c1-31-16-7-6-12-25(31)24-18-19(17-23-21-10-3-5-14-27(21)33-28(23)24)32-26-13-4-2-9-20(26)22-11-8-15-30-29(22)32/h2-18H,1H3/q+1. The lowest BCUT2D eigenvalue weighted by molar-refractivity contribution is -0.660. The van der Waals surface area contributed by atoms with Gasteiger partial charge in [-0.2, -0.15) is 0 Å². The van der Waals surface area contributed by atoms with E-state index in [1.54, 1.807) is 0 Å². The summed E-state index contributed by atoms with van der Waals surface area (Å²) in [6.07, 6.45) is 3.93. The Labute approximate surface area is 189 Å². The van der Waals surface area contributed by atoms with Crippen LogP contribution in [0.3, 0.4) is 0 Å². The Kier molecular flexibility index (Phi) is 3.73. The van der Waals surface area contributed by atoms with Crippen molar-refractivity contribution in [3.63, 3.8) is 0 Å². The van der Waals surface area contributed by atoms with E-state index in [1.807, 2.05) is 30.5 Å². The highest BCUT2D eigenvalue weighted by Gasteiger charge is 2.21. The lowest BCUT2D eigenvalue weighted by Crippen LogP contribution is -2.29. The van der Waals surface area contributed by atoms with E-state index in [0.29, 0.717) is 0 Å². The number of hydrogen-bond donors (Lipinski definition) is 0. The minimum atomic E-state index is 0.893. The topological polar surface area (TPSA) is 34.8 Å². The van der Waals surface area contributed by atoms with E-state index >= 15 is 0 Å². The number of pyridine rings is 2. The third-order valence-electron chi connectivity index (χ3n) is 6.49. The number of aromatic nitrogens is 3. The Morgan fingerprint density at radius 1 is 0.758 bits per heavy atom. The molecule has 7 aromatic rings. The highest BCUT2D eigenvalue weighted by atomic mass is 16.3. The van der Waals surface area contributed by atoms with E-state index in [9.17, 15) is 0 Å². The molecule has 0 saturated heterocycles. The molecule has 0 atom stereocenters. The Hall–Kier alpha value is -4.44. The predicted molar refractivity (Wildman–Crippen MR) is 132 cm³/mol. The van der Waals surface area contributed by atoms with Crippen LogP contribution in [0.1, 0.15) is 0 Å². The van der Waals surface area contributed by atoms with Crippen LogP contribution in [0.5, 0.6) is 0 Å². The van der Waals surface area contributed by atoms with Crippen molar-refractivity contribution < 1.29 is 8.98 Å². The molecule has 0 aliphatic carbocycles. The first-order chi connectivity index (χ1) is 16.3. The summed E-state index contributed by atoms with van der Waals surface area (Å²) in [5.74, 6) is 0. The zero-order valence-electron chi connectivity index (χ0n) is 18.1. The van der Waals surface area contributed by atoms with Gasteiger partial charge in [-0.3, -0.25) is 4.57 Å². The number of aryl methyl sites for hydroxylation is 1. The molecule has 0 N–H and O–H groups in total. The van der Waals surface area contributed by atoms with Crippen molar-refractivity contribution >= 4 is 43.9 Å². The molecule has 3 aromatic carbocycles. The summed E-state index contributed by atoms with van der Waals surface area (Å²) in [7, 11) is 2.07. The molecular formula is C29H20N3O+. The third kappa shape index (κ3) is 2.58.